The summed E-state index contributed by atoms with van der Waals surface area (Å²) < 4.78 is 28.8. The molecule has 0 atom stereocenters. The predicted molar refractivity (Wildman–Crippen MR) is 116 cm³/mol. The summed E-state index contributed by atoms with van der Waals surface area (Å²) in [6.07, 6.45) is 0.554. The molecule has 0 spiro atoms. The van der Waals surface area contributed by atoms with Gasteiger partial charge in [-0.1, -0.05) is 26.0 Å². The summed E-state index contributed by atoms with van der Waals surface area (Å²) in [5.41, 5.74) is 1.73. The Morgan fingerprint density at radius 2 is 1.87 bits per heavy atom. The SMILES string of the molecule is CCN(CC)S(=O)(=O)c1ccc2c(c1)nc(CCC(=O)Nc1ccccc1O)n2C. The van der Waals surface area contributed by atoms with E-state index in [1.54, 1.807) is 50.2 Å². The van der Waals surface area contributed by atoms with Crippen molar-refractivity contribution in [2.45, 2.75) is 31.6 Å². The Bertz CT molecular complexity index is 1170. The molecule has 0 saturated carbocycles. The summed E-state index contributed by atoms with van der Waals surface area (Å²) in [6, 6.07) is 11.4. The summed E-state index contributed by atoms with van der Waals surface area (Å²) in [5.74, 6) is 0.443. The van der Waals surface area contributed by atoms with E-state index in [9.17, 15) is 18.3 Å². The molecule has 160 valence electrons. The number of hydrogen-bond donors (Lipinski definition) is 2. The van der Waals surface area contributed by atoms with Crippen molar-refractivity contribution in [1.82, 2.24) is 13.9 Å². The van der Waals surface area contributed by atoms with E-state index < -0.39 is 10.0 Å². The molecule has 1 heterocycles. The Morgan fingerprint density at radius 1 is 1.17 bits per heavy atom. The predicted octanol–water partition coefficient (Wildman–Crippen LogP) is 2.88. The molecule has 30 heavy (non-hydrogen) atoms. The zero-order valence-electron chi connectivity index (χ0n) is 17.3. The fourth-order valence-electron chi connectivity index (χ4n) is 3.34. The Hall–Kier alpha value is -2.91. The first-order valence-corrected chi connectivity index (χ1v) is 11.2. The summed E-state index contributed by atoms with van der Waals surface area (Å²) in [6.45, 7) is 4.41. The van der Waals surface area contributed by atoms with E-state index >= 15 is 0 Å². The maximum atomic E-state index is 12.8. The Morgan fingerprint density at radius 3 is 2.53 bits per heavy atom. The van der Waals surface area contributed by atoms with E-state index in [1.807, 2.05) is 11.6 Å². The average molecular weight is 431 g/mol. The zero-order valence-corrected chi connectivity index (χ0v) is 18.1. The second-order valence-corrected chi connectivity index (χ2v) is 8.83. The number of nitrogens with zero attached hydrogens (tertiary/aromatic N) is 3. The molecule has 0 aliphatic carbocycles. The number of rotatable bonds is 8. The van der Waals surface area contributed by atoms with Crippen LogP contribution in [0.25, 0.3) is 11.0 Å². The maximum absolute atomic E-state index is 12.8. The molecule has 8 nitrogen and oxygen atoms in total. The third-order valence-corrected chi connectivity index (χ3v) is 7.09. The Kier molecular flexibility index (Phi) is 6.42. The number of aryl methyl sites for hydroxylation is 2. The van der Waals surface area contributed by atoms with E-state index in [-0.39, 0.29) is 23.0 Å². The first kappa shape index (κ1) is 21.8. The van der Waals surface area contributed by atoms with Gasteiger partial charge in [-0.25, -0.2) is 13.4 Å². The van der Waals surface area contributed by atoms with Crippen molar-refractivity contribution < 1.29 is 18.3 Å². The number of amides is 1. The van der Waals surface area contributed by atoms with Crippen molar-refractivity contribution in [3.05, 3.63) is 48.3 Å². The molecule has 1 amide bonds. The fraction of sp³-hybridized carbons (Fsp3) is 0.333. The van der Waals surface area contributed by atoms with Crippen molar-refractivity contribution >= 4 is 32.7 Å². The first-order valence-electron chi connectivity index (χ1n) is 9.81. The zero-order chi connectivity index (χ0) is 21.9. The minimum Gasteiger partial charge on any atom is -0.506 e. The minimum absolute atomic E-state index is 0.00974. The van der Waals surface area contributed by atoms with Crippen LogP contribution in [0.3, 0.4) is 0 Å². The van der Waals surface area contributed by atoms with Crippen molar-refractivity contribution in [3.8, 4) is 5.75 Å². The largest absolute Gasteiger partial charge is 0.506 e. The van der Waals surface area contributed by atoms with Gasteiger partial charge in [0.15, 0.2) is 0 Å². The lowest BCUT2D eigenvalue weighted by Crippen LogP contribution is -2.30. The number of imidazole rings is 1. The highest BCUT2D eigenvalue weighted by atomic mass is 32.2. The van der Waals surface area contributed by atoms with Crippen molar-refractivity contribution in [2.24, 2.45) is 7.05 Å². The number of para-hydroxylation sites is 2. The summed E-state index contributed by atoms with van der Waals surface area (Å²) >= 11 is 0. The number of phenols is 1. The molecule has 0 aliphatic heterocycles. The summed E-state index contributed by atoms with van der Waals surface area (Å²) in [7, 11) is -1.73. The van der Waals surface area contributed by atoms with Gasteiger partial charge in [0.2, 0.25) is 15.9 Å². The van der Waals surface area contributed by atoms with Gasteiger partial charge in [-0.15, -0.1) is 0 Å². The molecule has 9 heteroatoms. The number of carbonyl (C=O) groups excluding carboxylic acids is 1. The van der Waals surface area contributed by atoms with Crippen LogP contribution < -0.4 is 5.32 Å². The van der Waals surface area contributed by atoms with E-state index in [0.717, 1.165) is 5.52 Å². The molecule has 2 N–H and O–H groups in total. The van der Waals surface area contributed by atoms with Crippen LogP contribution in [0.15, 0.2) is 47.4 Å². The van der Waals surface area contributed by atoms with Crippen LogP contribution in [-0.4, -0.2) is 46.4 Å². The van der Waals surface area contributed by atoms with Crippen LogP contribution in [0.4, 0.5) is 5.69 Å². The van der Waals surface area contributed by atoms with Crippen LogP contribution in [0.1, 0.15) is 26.1 Å². The lowest BCUT2D eigenvalue weighted by molar-refractivity contribution is -0.116. The molecular formula is C21H26N4O4S. The van der Waals surface area contributed by atoms with Crippen LogP contribution in [0.5, 0.6) is 5.75 Å². The van der Waals surface area contributed by atoms with E-state index in [4.69, 9.17) is 0 Å². The van der Waals surface area contributed by atoms with Crippen LogP contribution in [0, 0.1) is 0 Å². The lowest BCUT2D eigenvalue weighted by Gasteiger charge is -2.18. The van der Waals surface area contributed by atoms with Crippen LogP contribution in [0.2, 0.25) is 0 Å². The molecule has 3 rings (SSSR count). The van der Waals surface area contributed by atoms with Crippen molar-refractivity contribution in [2.75, 3.05) is 18.4 Å². The lowest BCUT2D eigenvalue weighted by atomic mass is 10.2. The second-order valence-electron chi connectivity index (χ2n) is 6.89. The van der Waals surface area contributed by atoms with E-state index in [2.05, 4.69) is 10.3 Å². The van der Waals surface area contributed by atoms with Gasteiger partial charge in [0, 0.05) is 33.0 Å². The van der Waals surface area contributed by atoms with Gasteiger partial charge in [-0.3, -0.25) is 4.79 Å². The molecule has 0 unspecified atom stereocenters. The number of carbonyl (C=O) groups is 1. The standard InChI is InChI=1S/C21H26N4O4S/c1-4-25(5-2)30(28,29)15-10-11-18-17(14-15)22-20(24(18)3)12-13-21(27)23-16-8-6-7-9-19(16)26/h6-11,14,26H,4-5,12-13H2,1-3H3,(H,23,27). The number of nitrogens with one attached hydrogen (secondary N) is 1. The molecule has 0 bridgehead atoms. The van der Waals surface area contributed by atoms with Crippen LogP contribution >= 0.6 is 0 Å². The number of aromatic nitrogens is 2. The Labute approximate surface area is 176 Å². The third kappa shape index (κ3) is 4.31. The number of hydrogen-bond acceptors (Lipinski definition) is 5. The molecule has 0 fully saturated rings. The molecule has 0 saturated heterocycles. The van der Waals surface area contributed by atoms with Gasteiger partial charge in [0.1, 0.15) is 11.6 Å². The minimum atomic E-state index is -3.56. The Balaban J connectivity index is 1.78. The topological polar surface area (TPSA) is 105 Å². The molecule has 2 aromatic carbocycles. The highest BCUT2D eigenvalue weighted by molar-refractivity contribution is 7.89. The van der Waals surface area contributed by atoms with Gasteiger partial charge in [-0.2, -0.15) is 4.31 Å². The number of anilines is 1. The van der Waals surface area contributed by atoms with Crippen molar-refractivity contribution in [1.29, 1.82) is 0 Å². The van der Waals surface area contributed by atoms with Gasteiger partial charge in [-0.05, 0) is 30.3 Å². The van der Waals surface area contributed by atoms with Gasteiger partial charge >= 0.3 is 0 Å². The third-order valence-electron chi connectivity index (χ3n) is 5.04. The average Bonchev–Trinajstić information content (AvgIpc) is 3.04. The normalized spacial score (nSPS) is 11.9. The number of aromatic hydroxyl groups is 1. The maximum Gasteiger partial charge on any atom is 0.243 e. The van der Waals surface area contributed by atoms with Gasteiger partial charge in [0.05, 0.1) is 21.6 Å². The smallest absolute Gasteiger partial charge is 0.243 e. The molecule has 3 aromatic rings. The van der Waals surface area contributed by atoms with E-state index in [0.29, 0.717) is 36.5 Å². The van der Waals surface area contributed by atoms with Crippen LogP contribution in [-0.2, 0) is 28.3 Å². The van der Waals surface area contributed by atoms with E-state index in [1.165, 1.54) is 10.4 Å². The summed E-state index contributed by atoms with van der Waals surface area (Å²) in [4.78, 5) is 17.0. The highest BCUT2D eigenvalue weighted by Crippen LogP contribution is 2.24. The fourth-order valence-corrected chi connectivity index (χ4v) is 4.82. The monoisotopic (exact) mass is 430 g/mol. The number of benzene rings is 2. The number of phenolic OH excluding ortho intramolecular Hbond substituents is 1. The number of fused-ring (bicyclic) bond motifs is 1. The second kappa shape index (κ2) is 8.85. The summed E-state index contributed by atoms with van der Waals surface area (Å²) in [5, 5.41) is 12.4. The molecular weight excluding hydrogens is 404 g/mol. The van der Waals surface area contributed by atoms with Crippen molar-refractivity contribution in [3.63, 3.8) is 0 Å². The van der Waals surface area contributed by atoms with Gasteiger partial charge < -0.3 is 15.0 Å². The number of sulfonamides is 1. The first-order chi connectivity index (χ1) is 14.3. The molecule has 0 aliphatic rings. The van der Waals surface area contributed by atoms with Gasteiger partial charge in [0.25, 0.3) is 0 Å². The quantitative estimate of drug-likeness (QED) is 0.535. The molecule has 1 aromatic heterocycles. The highest BCUT2D eigenvalue weighted by Gasteiger charge is 2.22. The molecule has 0 radical (unpaired) electrons.